The van der Waals surface area contributed by atoms with Gasteiger partial charge in [0.25, 0.3) is 0 Å². The van der Waals surface area contributed by atoms with Crippen LogP contribution in [0, 0.1) is 0 Å². The molecule has 104 valence electrons. The van der Waals surface area contributed by atoms with Crippen LogP contribution >= 0.6 is 11.8 Å². The van der Waals surface area contributed by atoms with Crippen molar-refractivity contribution in [2.75, 3.05) is 25.4 Å². The number of carbonyl (C=O) groups excluding carboxylic acids is 1. The second kappa shape index (κ2) is 6.78. The van der Waals surface area contributed by atoms with Crippen molar-refractivity contribution in [3.8, 4) is 0 Å². The van der Waals surface area contributed by atoms with E-state index in [0.29, 0.717) is 24.3 Å². The molecule has 2 aliphatic rings. The minimum Gasteiger partial charge on any atom is -0.353 e. The van der Waals surface area contributed by atoms with Crippen LogP contribution in [0.15, 0.2) is 0 Å². The average molecular weight is 271 g/mol. The fourth-order valence-electron chi connectivity index (χ4n) is 2.41. The van der Waals surface area contributed by atoms with E-state index in [0.717, 1.165) is 25.9 Å². The first-order valence-corrected chi connectivity index (χ1v) is 8.12. The van der Waals surface area contributed by atoms with E-state index in [9.17, 15) is 4.79 Å². The molecule has 18 heavy (non-hydrogen) atoms. The number of hydrogen-bond acceptors (Lipinski definition) is 4. The van der Waals surface area contributed by atoms with Crippen molar-refractivity contribution in [1.29, 1.82) is 0 Å². The van der Waals surface area contributed by atoms with Gasteiger partial charge in [0.2, 0.25) is 5.91 Å². The smallest absolute Gasteiger partial charge is 0.221 e. The highest BCUT2D eigenvalue weighted by Crippen LogP contribution is 2.23. The Hall–Kier alpha value is -0.260. The lowest BCUT2D eigenvalue weighted by atomic mass is 10.1. The van der Waals surface area contributed by atoms with Gasteiger partial charge in [0.05, 0.1) is 0 Å². The highest BCUT2D eigenvalue weighted by atomic mass is 32.2. The minimum absolute atomic E-state index is 0.180. The van der Waals surface area contributed by atoms with Gasteiger partial charge >= 0.3 is 0 Å². The first-order valence-electron chi connectivity index (χ1n) is 7.08. The molecule has 1 saturated heterocycles. The largest absolute Gasteiger partial charge is 0.353 e. The fraction of sp³-hybridized carbons (Fsp3) is 0.923. The molecular formula is C13H25N3OS. The van der Waals surface area contributed by atoms with E-state index in [1.165, 1.54) is 12.2 Å². The van der Waals surface area contributed by atoms with Gasteiger partial charge in [-0.05, 0) is 19.3 Å². The van der Waals surface area contributed by atoms with Crippen molar-refractivity contribution in [3.63, 3.8) is 0 Å². The Kier molecular flexibility index (Phi) is 5.33. The van der Waals surface area contributed by atoms with Gasteiger partial charge in [0.15, 0.2) is 0 Å². The van der Waals surface area contributed by atoms with E-state index in [2.05, 4.69) is 28.9 Å². The second-order valence-electron chi connectivity index (χ2n) is 5.33. The van der Waals surface area contributed by atoms with Crippen LogP contribution in [0.1, 0.15) is 32.6 Å². The number of thioether (sulfide) groups is 1. The highest BCUT2D eigenvalue weighted by Gasteiger charge is 2.28. The summed E-state index contributed by atoms with van der Waals surface area (Å²) in [5.74, 6) is 1.35. The number of nitrogens with two attached hydrogens (primary N) is 1. The van der Waals surface area contributed by atoms with Crippen molar-refractivity contribution in [2.24, 2.45) is 5.73 Å². The van der Waals surface area contributed by atoms with Crippen molar-refractivity contribution in [1.82, 2.24) is 10.2 Å². The summed E-state index contributed by atoms with van der Waals surface area (Å²) < 4.78 is 0. The summed E-state index contributed by atoms with van der Waals surface area (Å²) in [7, 11) is 0. The summed E-state index contributed by atoms with van der Waals surface area (Å²) in [5, 5.41) is 3.76. The summed E-state index contributed by atoms with van der Waals surface area (Å²) >= 11 is 2.05. The predicted molar refractivity (Wildman–Crippen MR) is 76.7 cm³/mol. The zero-order chi connectivity index (χ0) is 13.0. The third-order valence-electron chi connectivity index (χ3n) is 3.78. The van der Waals surface area contributed by atoms with Crippen molar-refractivity contribution >= 4 is 17.7 Å². The molecule has 5 heteroatoms. The Morgan fingerprint density at radius 1 is 1.56 bits per heavy atom. The molecule has 0 aromatic rings. The molecule has 2 fully saturated rings. The van der Waals surface area contributed by atoms with Crippen molar-refractivity contribution in [3.05, 3.63) is 0 Å². The molecule has 0 aromatic carbocycles. The predicted octanol–water partition coefficient (Wildman–Crippen LogP) is 0.810. The number of rotatable bonds is 6. The van der Waals surface area contributed by atoms with Crippen LogP contribution in [0.25, 0.3) is 0 Å². The zero-order valence-corrected chi connectivity index (χ0v) is 12.0. The standard InChI is InChI=1S/C13H25N3OS/c1-2-12-9-16(5-6-18-12)11(8-14)7-13(17)15-10-3-4-10/h10-12H,2-9,14H2,1H3,(H,15,17). The number of amides is 1. The van der Waals surface area contributed by atoms with Gasteiger partial charge in [-0.25, -0.2) is 0 Å². The summed E-state index contributed by atoms with van der Waals surface area (Å²) in [6, 6.07) is 0.676. The molecule has 1 amide bonds. The van der Waals surface area contributed by atoms with Crippen LogP contribution < -0.4 is 11.1 Å². The van der Waals surface area contributed by atoms with Crippen LogP contribution in [0.5, 0.6) is 0 Å². The molecule has 1 aliphatic heterocycles. The molecule has 2 unspecified atom stereocenters. The highest BCUT2D eigenvalue weighted by molar-refractivity contribution is 8.00. The zero-order valence-electron chi connectivity index (χ0n) is 11.2. The number of nitrogens with zero attached hydrogens (tertiary/aromatic N) is 1. The van der Waals surface area contributed by atoms with Crippen molar-refractivity contribution in [2.45, 2.75) is 49.9 Å². The number of hydrogen-bond donors (Lipinski definition) is 2. The summed E-state index contributed by atoms with van der Waals surface area (Å²) in [6.45, 7) is 4.97. The van der Waals surface area contributed by atoms with Gasteiger partial charge in [-0.15, -0.1) is 0 Å². The second-order valence-corrected chi connectivity index (χ2v) is 6.74. The normalized spacial score (nSPS) is 26.9. The first-order chi connectivity index (χ1) is 8.72. The maximum absolute atomic E-state index is 11.9. The lowest BCUT2D eigenvalue weighted by Crippen LogP contribution is -2.49. The lowest BCUT2D eigenvalue weighted by Gasteiger charge is -2.37. The Morgan fingerprint density at radius 3 is 2.94 bits per heavy atom. The van der Waals surface area contributed by atoms with E-state index in [4.69, 9.17) is 5.73 Å². The van der Waals surface area contributed by atoms with Gasteiger partial charge < -0.3 is 11.1 Å². The molecule has 2 atom stereocenters. The minimum atomic E-state index is 0.180. The molecule has 0 spiro atoms. The van der Waals surface area contributed by atoms with Gasteiger partial charge in [-0.1, -0.05) is 6.92 Å². The lowest BCUT2D eigenvalue weighted by molar-refractivity contribution is -0.122. The molecule has 2 rings (SSSR count). The van der Waals surface area contributed by atoms with Gasteiger partial charge in [-0.2, -0.15) is 11.8 Å². The van der Waals surface area contributed by atoms with Crippen LogP contribution in [0.4, 0.5) is 0 Å². The van der Waals surface area contributed by atoms with Crippen LogP contribution in [0.2, 0.25) is 0 Å². The third-order valence-corrected chi connectivity index (χ3v) is 5.15. The molecule has 0 radical (unpaired) electrons. The molecule has 1 heterocycles. The molecule has 0 bridgehead atoms. The summed E-state index contributed by atoms with van der Waals surface area (Å²) in [4.78, 5) is 14.3. The quantitative estimate of drug-likeness (QED) is 0.750. The molecule has 3 N–H and O–H groups in total. The van der Waals surface area contributed by atoms with Crippen molar-refractivity contribution < 1.29 is 4.79 Å². The summed E-state index contributed by atoms with van der Waals surface area (Å²) in [6.07, 6.45) is 4.06. The molecule has 0 aromatic heterocycles. The number of nitrogens with one attached hydrogen (secondary N) is 1. The van der Waals surface area contributed by atoms with Crippen LogP contribution in [-0.2, 0) is 4.79 Å². The maximum atomic E-state index is 11.9. The van der Waals surface area contributed by atoms with Gasteiger partial charge in [0.1, 0.15) is 0 Å². The van der Waals surface area contributed by atoms with Gasteiger partial charge in [-0.3, -0.25) is 9.69 Å². The summed E-state index contributed by atoms with van der Waals surface area (Å²) in [5.41, 5.74) is 5.86. The Balaban J connectivity index is 1.80. The van der Waals surface area contributed by atoms with E-state index in [1.807, 2.05) is 0 Å². The Bertz CT molecular complexity index is 283. The SMILES string of the molecule is CCC1CN(C(CN)CC(=O)NC2CC2)CCS1. The van der Waals surface area contributed by atoms with Crippen LogP contribution in [-0.4, -0.2) is 53.5 Å². The molecular weight excluding hydrogens is 246 g/mol. The van der Waals surface area contributed by atoms with Gasteiger partial charge in [0, 0.05) is 49.1 Å². The maximum Gasteiger partial charge on any atom is 0.221 e. The fourth-order valence-corrected chi connectivity index (χ4v) is 3.62. The molecule has 1 aliphatic carbocycles. The topological polar surface area (TPSA) is 58.4 Å². The Morgan fingerprint density at radius 2 is 2.33 bits per heavy atom. The Labute approximate surface area is 114 Å². The third kappa shape index (κ3) is 4.14. The van der Waals surface area contributed by atoms with E-state index in [-0.39, 0.29) is 11.9 Å². The van der Waals surface area contributed by atoms with E-state index >= 15 is 0 Å². The van der Waals surface area contributed by atoms with E-state index in [1.54, 1.807) is 0 Å². The number of carbonyl (C=O) groups is 1. The molecule has 1 saturated carbocycles. The average Bonchev–Trinajstić information content (AvgIpc) is 3.20. The van der Waals surface area contributed by atoms with Crippen LogP contribution in [0.3, 0.4) is 0 Å². The van der Waals surface area contributed by atoms with E-state index < -0.39 is 0 Å². The monoisotopic (exact) mass is 271 g/mol. The molecule has 4 nitrogen and oxygen atoms in total. The first kappa shape index (κ1) is 14.2.